The van der Waals surface area contributed by atoms with E-state index in [1.807, 2.05) is 6.07 Å². The highest BCUT2D eigenvalue weighted by atomic mass is 79.9. The summed E-state index contributed by atoms with van der Waals surface area (Å²) in [6, 6.07) is 25.3. The molecule has 4 rings (SSSR count). The molecule has 0 heterocycles. The van der Waals surface area contributed by atoms with Gasteiger partial charge in [-0.2, -0.15) is 0 Å². The lowest BCUT2D eigenvalue weighted by atomic mass is 10.1. The van der Waals surface area contributed by atoms with E-state index < -0.39 is 0 Å². The molecule has 152 valence electrons. The smallest absolute Gasteiger partial charge is 0.139 e. The molecule has 0 aliphatic heterocycles. The van der Waals surface area contributed by atoms with E-state index in [4.69, 9.17) is 4.74 Å². The topological polar surface area (TPSA) is 21.3 Å². The third-order valence-electron chi connectivity index (χ3n) is 5.33. The van der Waals surface area contributed by atoms with Crippen molar-refractivity contribution in [1.82, 2.24) is 0 Å². The Hall–Kier alpha value is -2.30. The second kappa shape index (κ2) is 9.23. The fourth-order valence-corrected chi connectivity index (χ4v) is 4.95. The van der Waals surface area contributed by atoms with Crippen LogP contribution in [0.3, 0.4) is 0 Å². The van der Waals surface area contributed by atoms with E-state index in [2.05, 4.69) is 118 Å². The zero-order valence-corrected chi connectivity index (χ0v) is 20.2. The van der Waals surface area contributed by atoms with Crippen molar-refractivity contribution in [1.29, 1.82) is 0 Å². The summed E-state index contributed by atoms with van der Waals surface area (Å²) in [6.07, 6.45) is 0. The molecule has 4 aromatic rings. The number of aryl methyl sites for hydroxylation is 2. The van der Waals surface area contributed by atoms with Crippen molar-refractivity contribution >= 4 is 48.3 Å². The molecule has 0 saturated heterocycles. The van der Waals surface area contributed by atoms with Gasteiger partial charge in [0, 0.05) is 22.3 Å². The van der Waals surface area contributed by atoms with Crippen molar-refractivity contribution in [3.05, 3.63) is 104 Å². The van der Waals surface area contributed by atoms with Crippen molar-refractivity contribution in [2.45, 2.75) is 27.0 Å². The number of hydrogen-bond acceptors (Lipinski definition) is 2. The quantitative estimate of drug-likeness (QED) is 0.274. The van der Waals surface area contributed by atoms with Gasteiger partial charge in [-0.05, 0) is 81.5 Å². The summed E-state index contributed by atoms with van der Waals surface area (Å²) in [4.78, 5) is 0. The minimum atomic E-state index is 0.512. The second-order valence-corrected chi connectivity index (χ2v) is 9.23. The number of nitrogens with one attached hydrogen (secondary N) is 1. The molecule has 0 amide bonds. The number of fused-ring (bicyclic) bond motifs is 1. The van der Waals surface area contributed by atoms with E-state index in [9.17, 15) is 0 Å². The highest BCUT2D eigenvalue weighted by molar-refractivity contribution is 9.11. The first-order valence-corrected chi connectivity index (χ1v) is 11.5. The molecule has 0 unspecified atom stereocenters. The number of benzene rings is 4. The van der Waals surface area contributed by atoms with Crippen LogP contribution in [0.15, 0.2) is 81.7 Å². The number of rotatable bonds is 6. The first kappa shape index (κ1) is 21.0. The van der Waals surface area contributed by atoms with Gasteiger partial charge in [0.2, 0.25) is 0 Å². The maximum atomic E-state index is 6.34. The van der Waals surface area contributed by atoms with Crippen LogP contribution >= 0.6 is 31.9 Å². The van der Waals surface area contributed by atoms with E-state index in [1.54, 1.807) is 0 Å². The van der Waals surface area contributed by atoms with Crippen LogP contribution in [0.2, 0.25) is 0 Å². The zero-order chi connectivity index (χ0) is 21.1. The summed E-state index contributed by atoms with van der Waals surface area (Å²) in [5, 5.41) is 5.98. The maximum absolute atomic E-state index is 6.34. The lowest BCUT2D eigenvalue weighted by Crippen LogP contribution is -2.05. The van der Waals surface area contributed by atoms with Gasteiger partial charge in [-0.1, -0.05) is 64.5 Å². The maximum Gasteiger partial charge on any atom is 0.139 e. The number of ether oxygens (including phenoxy) is 1. The van der Waals surface area contributed by atoms with Crippen LogP contribution in [-0.2, 0) is 13.2 Å². The summed E-state index contributed by atoms with van der Waals surface area (Å²) < 4.78 is 8.30. The van der Waals surface area contributed by atoms with Gasteiger partial charge in [0.15, 0.2) is 0 Å². The van der Waals surface area contributed by atoms with E-state index in [1.165, 1.54) is 27.5 Å². The molecule has 0 radical (unpaired) electrons. The van der Waals surface area contributed by atoms with Gasteiger partial charge >= 0.3 is 0 Å². The van der Waals surface area contributed by atoms with Crippen molar-refractivity contribution in [3.63, 3.8) is 0 Å². The summed E-state index contributed by atoms with van der Waals surface area (Å²) in [5.41, 5.74) is 5.95. The predicted octanol–water partition coefficient (Wildman–Crippen LogP) is 8.17. The first-order valence-electron chi connectivity index (χ1n) is 9.90. The Morgan fingerprint density at radius 1 is 0.800 bits per heavy atom. The molecule has 0 atom stereocenters. The van der Waals surface area contributed by atoms with Crippen LogP contribution in [0.4, 0.5) is 5.69 Å². The first-order chi connectivity index (χ1) is 14.5. The van der Waals surface area contributed by atoms with Gasteiger partial charge in [-0.3, -0.25) is 0 Å². The van der Waals surface area contributed by atoms with Crippen LogP contribution in [0.1, 0.15) is 22.3 Å². The fourth-order valence-electron chi connectivity index (χ4n) is 3.52. The average molecular weight is 525 g/mol. The van der Waals surface area contributed by atoms with Crippen molar-refractivity contribution in [3.8, 4) is 5.75 Å². The Balaban J connectivity index is 1.57. The number of halogens is 2. The van der Waals surface area contributed by atoms with Gasteiger partial charge in [0.1, 0.15) is 12.4 Å². The summed E-state index contributed by atoms with van der Waals surface area (Å²) >= 11 is 7.30. The highest BCUT2D eigenvalue weighted by Crippen LogP contribution is 2.34. The van der Waals surface area contributed by atoms with Crippen LogP contribution in [0.5, 0.6) is 5.75 Å². The van der Waals surface area contributed by atoms with Crippen molar-refractivity contribution in [2.75, 3.05) is 5.32 Å². The standard InChI is InChI=1S/C26H23Br2NO/c1-17-10-11-23(12-18(17)2)29-15-21-13-22(27)14-25(28)26(21)30-16-20-8-5-7-19-6-3-4-9-24(19)20/h3-14,29H,15-16H2,1-2H3. The van der Waals surface area contributed by atoms with Gasteiger partial charge in [-0.25, -0.2) is 0 Å². The largest absolute Gasteiger partial charge is 0.487 e. The molecule has 4 aromatic carbocycles. The fraction of sp³-hybridized carbons (Fsp3) is 0.154. The van der Waals surface area contributed by atoms with Gasteiger partial charge in [-0.15, -0.1) is 0 Å². The van der Waals surface area contributed by atoms with Crippen molar-refractivity contribution in [2.24, 2.45) is 0 Å². The van der Waals surface area contributed by atoms with Crippen molar-refractivity contribution < 1.29 is 4.74 Å². The monoisotopic (exact) mass is 523 g/mol. The molecule has 4 heteroatoms. The molecule has 0 aromatic heterocycles. The number of anilines is 1. The minimum absolute atomic E-state index is 0.512. The minimum Gasteiger partial charge on any atom is -0.487 e. The Labute approximate surface area is 194 Å². The molecule has 1 N–H and O–H groups in total. The zero-order valence-electron chi connectivity index (χ0n) is 17.0. The van der Waals surface area contributed by atoms with Crippen LogP contribution < -0.4 is 10.1 Å². The molecule has 30 heavy (non-hydrogen) atoms. The SMILES string of the molecule is Cc1ccc(NCc2cc(Br)cc(Br)c2OCc2cccc3ccccc23)cc1C. The Morgan fingerprint density at radius 3 is 2.43 bits per heavy atom. The molecular formula is C26H23Br2NO. The Morgan fingerprint density at radius 2 is 1.60 bits per heavy atom. The summed E-state index contributed by atoms with van der Waals surface area (Å²) in [7, 11) is 0. The average Bonchev–Trinajstić information content (AvgIpc) is 2.74. The van der Waals surface area contributed by atoms with E-state index in [-0.39, 0.29) is 0 Å². The number of hydrogen-bond donors (Lipinski definition) is 1. The van der Waals surface area contributed by atoms with Gasteiger partial charge in [0.25, 0.3) is 0 Å². The highest BCUT2D eigenvalue weighted by Gasteiger charge is 2.12. The van der Waals surface area contributed by atoms with Gasteiger partial charge < -0.3 is 10.1 Å². The van der Waals surface area contributed by atoms with E-state index in [0.29, 0.717) is 13.2 Å². The van der Waals surface area contributed by atoms with Crippen LogP contribution in [0, 0.1) is 13.8 Å². The molecule has 0 spiro atoms. The molecule has 0 aliphatic rings. The summed E-state index contributed by atoms with van der Waals surface area (Å²) in [6.45, 7) is 5.45. The molecule has 0 aliphatic carbocycles. The van der Waals surface area contributed by atoms with E-state index >= 15 is 0 Å². The Bertz CT molecular complexity index is 1200. The predicted molar refractivity (Wildman–Crippen MR) is 133 cm³/mol. The molecule has 0 bridgehead atoms. The summed E-state index contributed by atoms with van der Waals surface area (Å²) in [5.74, 6) is 0.863. The molecule has 0 saturated carbocycles. The normalized spacial score (nSPS) is 10.9. The second-order valence-electron chi connectivity index (χ2n) is 7.46. The molecule has 0 fully saturated rings. The molecular weight excluding hydrogens is 502 g/mol. The van der Waals surface area contributed by atoms with Crippen LogP contribution in [-0.4, -0.2) is 0 Å². The van der Waals surface area contributed by atoms with E-state index in [0.717, 1.165) is 25.9 Å². The third-order valence-corrected chi connectivity index (χ3v) is 6.37. The lowest BCUT2D eigenvalue weighted by molar-refractivity contribution is 0.302. The third kappa shape index (κ3) is 4.71. The lowest BCUT2D eigenvalue weighted by Gasteiger charge is -2.16. The van der Waals surface area contributed by atoms with Gasteiger partial charge in [0.05, 0.1) is 4.47 Å². The molecule has 2 nitrogen and oxygen atoms in total. The van der Waals surface area contributed by atoms with Crippen LogP contribution in [0.25, 0.3) is 10.8 Å². The Kier molecular flexibility index (Phi) is 6.45.